The van der Waals surface area contributed by atoms with Gasteiger partial charge >= 0.3 is 6.18 Å². The van der Waals surface area contributed by atoms with Crippen LogP contribution in [0.4, 0.5) is 13.2 Å². The highest BCUT2D eigenvalue weighted by Crippen LogP contribution is 2.30. The molecule has 0 amide bonds. The third-order valence-corrected chi connectivity index (χ3v) is 2.38. The Morgan fingerprint density at radius 3 is 2.35 bits per heavy atom. The van der Waals surface area contributed by atoms with Gasteiger partial charge in [0.25, 0.3) is 0 Å². The van der Waals surface area contributed by atoms with Crippen LogP contribution in [0.15, 0.2) is 18.6 Å². The Balaban J connectivity index is 2.70. The van der Waals surface area contributed by atoms with Crippen molar-refractivity contribution in [1.29, 1.82) is 0 Å². The SMILES string of the molecule is CC(C)(C)c1nccn2cc(C(F)(F)F)nc12. The second kappa shape index (κ2) is 3.45. The summed E-state index contributed by atoms with van der Waals surface area (Å²) in [6.07, 6.45) is -0.504. The molecule has 0 N–H and O–H groups in total. The molecule has 0 unspecified atom stereocenters. The molecule has 2 heterocycles. The van der Waals surface area contributed by atoms with Crippen molar-refractivity contribution in [1.82, 2.24) is 14.4 Å². The van der Waals surface area contributed by atoms with Gasteiger partial charge in [0, 0.05) is 24.0 Å². The first kappa shape index (κ1) is 11.9. The van der Waals surface area contributed by atoms with E-state index in [9.17, 15) is 13.2 Å². The number of alkyl halides is 3. The molecule has 0 bridgehead atoms. The highest BCUT2D eigenvalue weighted by Gasteiger charge is 2.35. The molecular formula is C11H12F3N3. The molecule has 0 aliphatic rings. The average molecular weight is 243 g/mol. The molecule has 0 aromatic carbocycles. The van der Waals surface area contributed by atoms with Crippen LogP contribution in [0, 0.1) is 0 Å². The number of imidazole rings is 1. The van der Waals surface area contributed by atoms with Gasteiger partial charge in [-0.1, -0.05) is 20.8 Å². The van der Waals surface area contributed by atoms with Crippen molar-refractivity contribution in [3.63, 3.8) is 0 Å². The number of rotatable bonds is 0. The summed E-state index contributed by atoms with van der Waals surface area (Å²) >= 11 is 0. The van der Waals surface area contributed by atoms with Crippen molar-refractivity contribution in [3.8, 4) is 0 Å². The molecule has 0 saturated heterocycles. The summed E-state index contributed by atoms with van der Waals surface area (Å²) in [5.74, 6) is 0. The van der Waals surface area contributed by atoms with E-state index in [-0.39, 0.29) is 11.1 Å². The normalized spacial score (nSPS) is 13.3. The number of fused-ring (bicyclic) bond motifs is 1. The van der Waals surface area contributed by atoms with Crippen LogP contribution in [0.5, 0.6) is 0 Å². The van der Waals surface area contributed by atoms with Gasteiger partial charge in [-0.3, -0.25) is 4.98 Å². The molecule has 0 fully saturated rings. The molecular weight excluding hydrogens is 231 g/mol. The van der Waals surface area contributed by atoms with Crippen molar-refractivity contribution >= 4 is 5.65 Å². The summed E-state index contributed by atoms with van der Waals surface area (Å²) < 4.78 is 39.0. The standard InChI is InChI=1S/C11H12F3N3/c1-10(2,3)8-9-16-7(11(12,13)14)6-17(9)5-4-15-8/h4-6H,1-3H3. The first-order valence-electron chi connectivity index (χ1n) is 5.11. The smallest absolute Gasteiger partial charge is 0.303 e. The van der Waals surface area contributed by atoms with Crippen molar-refractivity contribution in [3.05, 3.63) is 30.0 Å². The molecule has 3 nitrogen and oxygen atoms in total. The topological polar surface area (TPSA) is 30.2 Å². The number of aromatic nitrogens is 3. The predicted octanol–water partition coefficient (Wildman–Crippen LogP) is 3.05. The summed E-state index contributed by atoms with van der Waals surface area (Å²) in [4.78, 5) is 7.75. The maximum absolute atomic E-state index is 12.6. The van der Waals surface area contributed by atoms with Gasteiger partial charge in [0.15, 0.2) is 11.3 Å². The van der Waals surface area contributed by atoms with Crippen LogP contribution in [0.1, 0.15) is 32.2 Å². The quantitative estimate of drug-likeness (QED) is 0.711. The Kier molecular flexibility index (Phi) is 2.41. The van der Waals surface area contributed by atoms with E-state index in [4.69, 9.17) is 0 Å². The summed E-state index contributed by atoms with van der Waals surface area (Å²) in [5.41, 5.74) is -0.435. The molecule has 0 aliphatic carbocycles. The molecule has 2 rings (SSSR count). The molecule has 0 atom stereocenters. The van der Waals surface area contributed by atoms with Crippen LogP contribution in [0.25, 0.3) is 5.65 Å². The number of hydrogen-bond donors (Lipinski definition) is 0. The minimum absolute atomic E-state index is 0.257. The van der Waals surface area contributed by atoms with Crippen LogP contribution in [-0.2, 0) is 11.6 Å². The molecule has 2 aromatic heterocycles. The van der Waals surface area contributed by atoms with Crippen molar-refractivity contribution in [2.24, 2.45) is 0 Å². The highest BCUT2D eigenvalue weighted by atomic mass is 19.4. The summed E-state index contributed by atoms with van der Waals surface area (Å²) in [6, 6.07) is 0. The van der Waals surface area contributed by atoms with E-state index in [1.165, 1.54) is 16.8 Å². The lowest BCUT2D eigenvalue weighted by atomic mass is 9.92. The third-order valence-electron chi connectivity index (χ3n) is 2.38. The maximum Gasteiger partial charge on any atom is 0.434 e. The second-order valence-electron chi connectivity index (χ2n) is 4.88. The van der Waals surface area contributed by atoms with Gasteiger partial charge < -0.3 is 4.40 Å². The third kappa shape index (κ3) is 2.11. The van der Waals surface area contributed by atoms with E-state index < -0.39 is 11.9 Å². The van der Waals surface area contributed by atoms with Crippen LogP contribution in [0.2, 0.25) is 0 Å². The molecule has 0 radical (unpaired) electrons. The summed E-state index contributed by atoms with van der Waals surface area (Å²) in [7, 11) is 0. The second-order valence-corrected chi connectivity index (χ2v) is 4.88. The molecule has 17 heavy (non-hydrogen) atoms. The Labute approximate surface area is 96.3 Å². The van der Waals surface area contributed by atoms with E-state index in [2.05, 4.69) is 9.97 Å². The number of hydrogen-bond acceptors (Lipinski definition) is 2. The van der Waals surface area contributed by atoms with Gasteiger partial charge in [0.1, 0.15) is 0 Å². The average Bonchev–Trinajstić information content (AvgIpc) is 2.57. The van der Waals surface area contributed by atoms with Crippen LogP contribution < -0.4 is 0 Å². The number of halogens is 3. The largest absolute Gasteiger partial charge is 0.434 e. The lowest BCUT2D eigenvalue weighted by molar-refractivity contribution is -0.140. The van der Waals surface area contributed by atoms with Gasteiger partial charge in [-0.05, 0) is 0 Å². The van der Waals surface area contributed by atoms with Crippen LogP contribution in [0.3, 0.4) is 0 Å². The van der Waals surface area contributed by atoms with E-state index in [0.29, 0.717) is 5.69 Å². The number of nitrogens with zero attached hydrogens (tertiary/aromatic N) is 3. The highest BCUT2D eigenvalue weighted by molar-refractivity contribution is 5.48. The maximum atomic E-state index is 12.6. The van der Waals surface area contributed by atoms with E-state index in [1.807, 2.05) is 20.8 Å². The zero-order valence-electron chi connectivity index (χ0n) is 9.71. The fourth-order valence-corrected chi connectivity index (χ4v) is 1.59. The van der Waals surface area contributed by atoms with E-state index in [0.717, 1.165) is 6.20 Å². The Morgan fingerprint density at radius 1 is 1.18 bits per heavy atom. The molecule has 0 spiro atoms. The summed E-state index contributed by atoms with van der Waals surface area (Å²) in [5, 5.41) is 0. The summed E-state index contributed by atoms with van der Waals surface area (Å²) in [6.45, 7) is 5.66. The van der Waals surface area contributed by atoms with E-state index in [1.54, 1.807) is 0 Å². The van der Waals surface area contributed by atoms with Crippen molar-refractivity contribution in [2.45, 2.75) is 32.4 Å². The first-order valence-corrected chi connectivity index (χ1v) is 5.11. The molecule has 2 aromatic rings. The molecule has 0 aliphatic heterocycles. The van der Waals surface area contributed by atoms with Crippen LogP contribution >= 0.6 is 0 Å². The van der Waals surface area contributed by atoms with Gasteiger partial charge in [-0.25, -0.2) is 4.98 Å². The first-order chi connectivity index (χ1) is 7.69. The van der Waals surface area contributed by atoms with Gasteiger partial charge in [-0.2, -0.15) is 13.2 Å². The molecule has 0 saturated carbocycles. The predicted molar refractivity (Wildman–Crippen MR) is 56.7 cm³/mol. The van der Waals surface area contributed by atoms with Gasteiger partial charge in [0.05, 0.1) is 5.69 Å². The Morgan fingerprint density at radius 2 is 1.82 bits per heavy atom. The molecule has 6 heteroatoms. The fourth-order valence-electron chi connectivity index (χ4n) is 1.59. The fraction of sp³-hybridized carbons (Fsp3) is 0.455. The van der Waals surface area contributed by atoms with E-state index >= 15 is 0 Å². The van der Waals surface area contributed by atoms with Crippen LogP contribution in [-0.4, -0.2) is 14.4 Å². The van der Waals surface area contributed by atoms with Gasteiger partial charge in [-0.15, -0.1) is 0 Å². The monoisotopic (exact) mass is 243 g/mol. The van der Waals surface area contributed by atoms with Crippen molar-refractivity contribution < 1.29 is 13.2 Å². The van der Waals surface area contributed by atoms with Gasteiger partial charge in [0.2, 0.25) is 0 Å². The lowest BCUT2D eigenvalue weighted by Crippen LogP contribution is -2.15. The Bertz CT molecular complexity index is 549. The minimum atomic E-state index is -4.43. The lowest BCUT2D eigenvalue weighted by Gasteiger charge is -2.17. The molecule has 92 valence electrons. The van der Waals surface area contributed by atoms with Crippen molar-refractivity contribution in [2.75, 3.05) is 0 Å². The zero-order valence-corrected chi connectivity index (χ0v) is 9.71. The zero-order chi connectivity index (χ0) is 12.8. The Hall–Kier alpha value is -1.59. The minimum Gasteiger partial charge on any atom is -0.303 e.